The van der Waals surface area contributed by atoms with Crippen LogP contribution in [0.2, 0.25) is 0 Å². The minimum absolute atomic E-state index is 0.0883. The smallest absolute Gasteiger partial charge is 0.282 e. The standard InChI is InChI=1S/C34H30FIN4O4/c1-20(2)24-17-25(21(3)15-31(24)43-4)33-39-28-11-7-5-9-23(28)34(42)40(33)37-18-22-13-14-30(27(36)16-22)44-19-32(41)38-29-12-8-6-10-26(29)35/h5-18,20H,19H2,1-4H3,(H,38,41). The van der Waals surface area contributed by atoms with E-state index in [1.165, 1.54) is 16.8 Å². The number of hydrogen-bond acceptors (Lipinski definition) is 6. The largest absolute Gasteiger partial charge is 0.496 e. The summed E-state index contributed by atoms with van der Waals surface area (Å²) < 4.78 is 27.2. The first-order chi connectivity index (χ1) is 21.2. The first-order valence-corrected chi connectivity index (χ1v) is 15.0. The van der Waals surface area contributed by atoms with E-state index in [9.17, 15) is 14.0 Å². The van der Waals surface area contributed by atoms with Crippen molar-refractivity contribution in [2.24, 2.45) is 5.10 Å². The van der Waals surface area contributed by atoms with E-state index in [0.29, 0.717) is 28.0 Å². The van der Waals surface area contributed by atoms with Crippen LogP contribution in [0.5, 0.6) is 11.5 Å². The van der Waals surface area contributed by atoms with Crippen molar-refractivity contribution in [2.45, 2.75) is 26.7 Å². The second-order valence-corrected chi connectivity index (χ2v) is 11.5. The highest BCUT2D eigenvalue weighted by Crippen LogP contribution is 2.34. The Morgan fingerprint density at radius 3 is 2.55 bits per heavy atom. The number of hydrogen-bond donors (Lipinski definition) is 1. The highest BCUT2D eigenvalue weighted by Gasteiger charge is 2.18. The van der Waals surface area contributed by atoms with E-state index in [1.807, 2.05) is 37.3 Å². The molecule has 44 heavy (non-hydrogen) atoms. The molecule has 0 aliphatic carbocycles. The van der Waals surface area contributed by atoms with Gasteiger partial charge in [0.25, 0.3) is 11.5 Å². The van der Waals surface area contributed by atoms with Crippen molar-refractivity contribution in [3.63, 3.8) is 0 Å². The SMILES string of the molecule is COc1cc(C)c(-c2nc3ccccc3c(=O)n2N=Cc2ccc(OCC(=O)Nc3ccccc3F)c(I)c2)cc1C(C)C. The van der Waals surface area contributed by atoms with Crippen molar-refractivity contribution in [3.05, 3.63) is 115 Å². The van der Waals surface area contributed by atoms with Gasteiger partial charge in [-0.3, -0.25) is 9.59 Å². The Labute approximate surface area is 267 Å². The maximum atomic E-state index is 13.8. The lowest BCUT2D eigenvalue weighted by Crippen LogP contribution is -2.21. The Balaban J connectivity index is 1.45. The average molecular weight is 705 g/mol. The molecule has 0 aliphatic rings. The van der Waals surface area contributed by atoms with Gasteiger partial charge < -0.3 is 14.8 Å². The first-order valence-electron chi connectivity index (χ1n) is 13.9. The Hall–Kier alpha value is -4.58. The Bertz CT molecular complexity index is 1950. The number of carbonyl (C=O) groups is 1. The number of para-hydroxylation sites is 2. The topological polar surface area (TPSA) is 94.8 Å². The van der Waals surface area contributed by atoms with Crippen LogP contribution in [-0.2, 0) is 4.79 Å². The van der Waals surface area contributed by atoms with Crippen LogP contribution < -0.4 is 20.3 Å². The van der Waals surface area contributed by atoms with Crippen molar-refractivity contribution in [3.8, 4) is 22.9 Å². The van der Waals surface area contributed by atoms with Crippen molar-refractivity contribution < 1.29 is 18.7 Å². The number of rotatable bonds is 9. The van der Waals surface area contributed by atoms with Crippen LogP contribution in [0.3, 0.4) is 0 Å². The zero-order valence-electron chi connectivity index (χ0n) is 24.6. The number of carbonyl (C=O) groups excluding carboxylic acids is 1. The Morgan fingerprint density at radius 2 is 1.82 bits per heavy atom. The van der Waals surface area contributed by atoms with Crippen molar-refractivity contribution in [1.29, 1.82) is 0 Å². The molecule has 0 radical (unpaired) electrons. The fraction of sp³-hybridized carbons (Fsp3) is 0.176. The van der Waals surface area contributed by atoms with Crippen molar-refractivity contribution in [1.82, 2.24) is 9.66 Å². The van der Waals surface area contributed by atoms with Gasteiger partial charge >= 0.3 is 0 Å². The van der Waals surface area contributed by atoms with E-state index in [-0.39, 0.29) is 23.8 Å². The molecule has 0 aliphatic heterocycles. The summed E-state index contributed by atoms with van der Waals surface area (Å²) in [6, 6.07) is 22.4. The molecule has 4 aromatic carbocycles. The molecular formula is C34H30FIN4O4. The van der Waals surface area contributed by atoms with E-state index in [4.69, 9.17) is 14.5 Å². The molecule has 1 amide bonds. The number of fused-ring (bicyclic) bond motifs is 1. The number of aromatic nitrogens is 2. The minimum atomic E-state index is -0.523. The normalized spacial score (nSPS) is 11.3. The van der Waals surface area contributed by atoms with Crippen LogP contribution in [0.1, 0.15) is 36.5 Å². The molecule has 1 heterocycles. The highest BCUT2D eigenvalue weighted by atomic mass is 127. The molecule has 0 unspecified atom stereocenters. The number of nitrogens with zero attached hydrogens (tertiary/aromatic N) is 3. The third-order valence-corrected chi connectivity index (χ3v) is 7.82. The van der Waals surface area contributed by atoms with E-state index >= 15 is 0 Å². The molecule has 5 aromatic rings. The van der Waals surface area contributed by atoms with Crippen molar-refractivity contribution >= 4 is 51.3 Å². The van der Waals surface area contributed by atoms with Gasteiger partial charge in [-0.25, -0.2) is 9.37 Å². The van der Waals surface area contributed by atoms with Gasteiger partial charge in [-0.05, 0) is 107 Å². The number of nitrogens with one attached hydrogen (secondary N) is 1. The number of amides is 1. The molecular weight excluding hydrogens is 674 g/mol. The molecule has 0 saturated heterocycles. The predicted octanol–water partition coefficient (Wildman–Crippen LogP) is 7.15. The van der Waals surface area contributed by atoms with Crippen LogP contribution in [0.25, 0.3) is 22.3 Å². The summed E-state index contributed by atoms with van der Waals surface area (Å²) in [4.78, 5) is 30.9. The van der Waals surface area contributed by atoms with E-state index < -0.39 is 11.7 Å². The van der Waals surface area contributed by atoms with E-state index in [1.54, 1.807) is 49.7 Å². The zero-order chi connectivity index (χ0) is 31.4. The van der Waals surface area contributed by atoms with Crippen LogP contribution in [0.4, 0.5) is 10.1 Å². The minimum Gasteiger partial charge on any atom is -0.496 e. The molecule has 0 bridgehead atoms. The maximum absolute atomic E-state index is 13.8. The summed E-state index contributed by atoms with van der Waals surface area (Å²) in [5.74, 6) is 0.851. The maximum Gasteiger partial charge on any atom is 0.282 e. The van der Waals surface area contributed by atoms with Crippen LogP contribution in [0, 0.1) is 16.3 Å². The first kappa shape index (κ1) is 30.9. The molecule has 1 aromatic heterocycles. The number of methoxy groups -OCH3 is 1. The molecule has 5 rings (SSSR count). The number of ether oxygens (including phenoxy) is 2. The zero-order valence-corrected chi connectivity index (χ0v) is 26.8. The summed E-state index contributed by atoms with van der Waals surface area (Å²) in [6.45, 7) is 5.83. The third-order valence-electron chi connectivity index (χ3n) is 6.98. The van der Waals surface area contributed by atoms with Crippen LogP contribution in [-0.4, -0.2) is 35.5 Å². The Morgan fingerprint density at radius 1 is 1.07 bits per heavy atom. The van der Waals surface area contributed by atoms with Gasteiger partial charge in [0, 0.05) is 5.56 Å². The van der Waals surface area contributed by atoms with Gasteiger partial charge in [0.15, 0.2) is 12.4 Å². The van der Waals surface area contributed by atoms with E-state index in [0.717, 1.165) is 26.0 Å². The molecule has 10 heteroatoms. The van der Waals surface area contributed by atoms with Crippen LogP contribution >= 0.6 is 22.6 Å². The molecule has 0 spiro atoms. The van der Waals surface area contributed by atoms with Gasteiger partial charge in [-0.1, -0.05) is 38.1 Å². The monoisotopic (exact) mass is 704 g/mol. The molecule has 8 nitrogen and oxygen atoms in total. The number of anilines is 1. The summed E-state index contributed by atoms with van der Waals surface area (Å²) in [5, 5.41) is 7.56. The van der Waals surface area contributed by atoms with Gasteiger partial charge in [0.05, 0.1) is 33.5 Å². The number of benzene rings is 4. The molecule has 0 atom stereocenters. The number of aryl methyl sites for hydroxylation is 1. The second kappa shape index (κ2) is 13.4. The second-order valence-electron chi connectivity index (χ2n) is 10.4. The summed E-state index contributed by atoms with van der Waals surface area (Å²) in [7, 11) is 1.65. The summed E-state index contributed by atoms with van der Waals surface area (Å²) >= 11 is 2.10. The van der Waals surface area contributed by atoms with Gasteiger partial charge in [-0.15, -0.1) is 0 Å². The highest BCUT2D eigenvalue weighted by molar-refractivity contribution is 14.1. The third kappa shape index (κ3) is 6.65. The Kier molecular flexibility index (Phi) is 9.38. The van der Waals surface area contributed by atoms with E-state index in [2.05, 4.69) is 46.9 Å². The number of halogens is 2. The quantitative estimate of drug-likeness (QED) is 0.130. The fourth-order valence-corrected chi connectivity index (χ4v) is 5.40. The molecule has 1 N–H and O–H groups in total. The van der Waals surface area contributed by atoms with Gasteiger partial charge in [0.1, 0.15) is 17.3 Å². The van der Waals surface area contributed by atoms with Gasteiger partial charge in [0.2, 0.25) is 0 Å². The van der Waals surface area contributed by atoms with Crippen LogP contribution in [0.15, 0.2) is 88.8 Å². The lowest BCUT2D eigenvalue weighted by Gasteiger charge is -2.17. The predicted molar refractivity (Wildman–Crippen MR) is 179 cm³/mol. The van der Waals surface area contributed by atoms with Gasteiger partial charge in [-0.2, -0.15) is 9.78 Å². The average Bonchev–Trinajstić information content (AvgIpc) is 3.01. The lowest BCUT2D eigenvalue weighted by atomic mass is 9.96. The summed E-state index contributed by atoms with van der Waals surface area (Å²) in [6.07, 6.45) is 1.58. The molecule has 0 saturated carbocycles. The summed E-state index contributed by atoms with van der Waals surface area (Å²) in [5.41, 5.74) is 3.75. The lowest BCUT2D eigenvalue weighted by molar-refractivity contribution is -0.118. The fourth-order valence-electron chi connectivity index (χ4n) is 4.70. The molecule has 0 fully saturated rings. The molecule has 224 valence electrons. The van der Waals surface area contributed by atoms with Crippen molar-refractivity contribution in [2.75, 3.05) is 19.0 Å².